The zero-order valence-corrected chi connectivity index (χ0v) is 12.4. The molecule has 0 aliphatic rings. The molecule has 0 spiro atoms. The highest BCUT2D eigenvalue weighted by Gasteiger charge is 2.16. The van der Waals surface area contributed by atoms with Crippen molar-refractivity contribution in [1.29, 1.82) is 0 Å². The van der Waals surface area contributed by atoms with Gasteiger partial charge in [-0.2, -0.15) is 5.10 Å². The average molecular weight is 295 g/mol. The van der Waals surface area contributed by atoms with Crippen molar-refractivity contribution in [2.24, 2.45) is 7.05 Å². The summed E-state index contributed by atoms with van der Waals surface area (Å²) in [6, 6.07) is 4.81. The third kappa shape index (κ3) is 3.08. The molecule has 0 aliphatic carbocycles. The molecule has 2 N–H and O–H groups in total. The molecule has 0 bridgehead atoms. The molecular weight excluding hydrogens is 278 g/mol. The lowest BCUT2D eigenvalue weighted by atomic mass is 10.4. The second kappa shape index (κ2) is 5.49. The van der Waals surface area contributed by atoms with Crippen LogP contribution in [0.2, 0.25) is 0 Å². The lowest BCUT2D eigenvalue weighted by molar-refractivity contribution is 0.600. The van der Waals surface area contributed by atoms with Crippen LogP contribution in [0, 0.1) is 6.92 Å². The summed E-state index contributed by atoms with van der Waals surface area (Å²) in [5.74, 6) is 1.06. The first-order chi connectivity index (χ1) is 9.42. The molecule has 8 heteroatoms. The highest BCUT2D eigenvalue weighted by molar-refractivity contribution is 7.92. The van der Waals surface area contributed by atoms with E-state index < -0.39 is 10.0 Å². The summed E-state index contributed by atoms with van der Waals surface area (Å²) in [6.45, 7) is 4.47. The zero-order valence-electron chi connectivity index (χ0n) is 11.6. The molecule has 0 atom stereocenters. The van der Waals surface area contributed by atoms with Gasteiger partial charge in [-0.1, -0.05) is 0 Å². The number of aryl methyl sites for hydroxylation is 2. The fourth-order valence-electron chi connectivity index (χ4n) is 1.73. The molecule has 7 nitrogen and oxygen atoms in total. The normalized spacial score (nSPS) is 11.3. The van der Waals surface area contributed by atoms with Crippen molar-refractivity contribution >= 4 is 21.7 Å². The van der Waals surface area contributed by atoms with Gasteiger partial charge in [0.1, 0.15) is 16.5 Å². The van der Waals surface area contributed by atoms with Crippen LogP contribution in [0.25, 0.3) is 0 Å². The van der Waals surface area contributed by atoms with Crippen molar-refractivity contribution in [3.05, 3.63) is 30.1 Å². The Hall–Kier alpha value is -2.09. The van der Waals surface area contributed by atoms with Gasteiger partial charge in [-0.3, -0.25) is 9.40 Å². The fourth-order valence-corrected chi connectivity index (χ4v) is 2.75. The molecule has 0 fully saturated rings. The van der Waals surface area contributed by atoms with Crippen LogP contribution in [0.15, 0.2) is 29.3 Å². The van der Waals surface area contributed by atoms with Crippen LogP contribution >= 0.6 is 0 Å². The van der Waals surface area contributed by atoms with Gasteiger partial charge in [0.05, 0.1) is 5.69 Å². The molecule has 0 aliphatic heterocycles. The Balaban J connectivity index is 2.24. The van der Waals surface area contributed by atoms with E-state index in [1.165, 1.54) is 16.9 Å². The maximum absolute atomic E-state index is 12.2. The molecule has 2 aromatic heterocycles. The van der Waals surface area contributed by atoms with Crippen LogP contribution in [-0.2, 0) is 17.1 Å². The van der Waals surface area contributed by atoms with Crippen molar-refractivity contribution in [3.63, 3.8) is 0 Å². The molecule has 108 valence electrons. The fraction of sp³-hybridized carbons (Fsp3) is 0.333. The van der Waals surface area contributed by atoms with E-state index in [-0.39, 0.29) is 4.90 Å². The van der Waals surface area contributed by atoms with Crippen molar-refractivity contribution < 1.29 is 8.42 Å². The summed E-state index contributed by atoms with van der Waals surface area (Å²) in [5.41, 5.74) is 0.741. The minimum Gasteiger partial charge on any atom is -0.370 e. The highest BCUT2D eigenvalue weighted by Crippen LogP contribution is 2.16. The number of hydrogen-bond acceptors (Lipinski definition) is 5. The summed E-state index contributed by atoms with van der Waals surface area (Å²) in [7, 11) is -1.98. The monoisotopic (exact) mass is 295 g/mol. The summed E-state index contributed by atoms with van der Waals surface area (Å²) >= 11 is 0. The maximum atomic E-state index is 12.2. The molecule has 2 heterocycles. The Morgan fingerprint density at radius 3 is 2.60 bits per heavy atom. The molecular formula is C12H17N5O2S. The highest BCUT2D eigenvalue weighted by atomic mass is 32.2. The van der Waals surface area contributed by atoms with E-state index in [0.717, 1.165) is 12.2 Å². The van der Waals surface area contributed by atoms with Crippen molar-refractivity contribution in [2.45, 2.75) is 18.7 Å². The molecule has 2 rings (SSSR count). The van der Waals surface area contributed by atoms with Gasteiger partial charge in [-0.25, -0.2) is 13.4 Å². The number of pyridine rings is 1. The van der Waals surface area contributed by atoms with Crippen LogP contribution in [0.5, 0.6) is 0 Å². The van der Waals surface area contributed by atoms with Crippen molar-refractivity contribution in [1.82, 2.24) is 14.8 Å². The summed E-state index contributed by atoms with van der Waals surface area (Å²) in [6.07, 6.45) is 1.32. The van der Waals surface area contributed by atoms with Crippen LogP contribution in [0.3, 0.4) is 0 Å². The maximum Gasteiger partial charge on any atom is 0.264 e. The smallest absolute Gasteiger partial charge is 0.264 e. The first kappa shape index (κ1) is 14.3. The van der Waals surface area contributed by atoms with Gasteiger partial charge in [0, 0.05) is 25.9 Å². The number of sulfonamides is 1. The van der Waals surface area contributed by atoms with Gasteiger partial charge in [-0.15, -0.1) is 0 Å². The van der Waals surface area contributed by atoms with Crippen LogP contribution in [0.1, 0.15) is 12.6 Å². The molecule has 0 saturated carbocycles. The van der Waals surface area contributed by atoms with Gasteiger partial charge in [0.15, 0.2) is 0 Å². The largest absolute Gasteiger partial charge is 0.370 e. The summed E-state index contributed by atoms with van der Waals surface area (Å²) < 4.78 is 28.4. The SMILES string of the molecule is CCNc1ccc(S(=O)(=O)Nc2cc(C)nn2C)cn1. The van der Waals surface area contributed by atoms with Crippen LogP contribution in [-0.4, -0.2) is 29.7 Å². The summed E-state index contributed by atoms with van der Waals surface area (Å²) in [4.78, 5) is 4.16. The minimum absolute atomic E-state index is 0.109. The van der Waals surface area contributed by atoms with Gasteiger partial charge in [0.2, 0.25) is 0 Å². The molecule has 0 unspecified atom stereocenters. The predicted molar refractivity (Wildman–Crippen MR) is 77.2 cm³/mol. The lowest BCUT2D eigenvalue weighted by Gasteiger charge is -2.08. The molecule has 0 amide bonds. The van der Waals surface area contributed by atoms with Gasteiger partial charge in [0.25, 0.3) is 10.0 Å². The third-order valence-corrected chi connectivity index (χ3v) is 3.99. The molecule has 0 saturated heterocycles. The lowest BCUT2D eigenvalue weighted by Crippen LogP contribution is -2.15. The van der Waals surface area contributed by atoms with E-state index in [1.54, 1.807) is 26.1 Å². The van der Waals surface area contributed by atoms with E-state index in [4.69, 9.17) is 0 Å². The van der Waals surface area contributed by atoms with E-state index in [1.807, 2.05) is 6.92 Å². The second-order valence-corrected chi connectivity index (χ2v) is 5.99. The quantitative estimate of drug-likeness (QED) is 0.869. The first-order valence-electron chi connectivity index (χ1n) is 6.16. The Morgan fingerprint density at radius 2 is 2.10 bits per heavy atom. The molecule has 20 heavy (non-hydrogen) atoms. The number of rotatable bonds is 5. The van der Waals surface area contributed by atoms with Crippen LogP contribution < -0.4 is 10.0 Å². The molecule has 2 aromatic rings. The van der Waals surface area contributed by atoms with Gasteiger partial charge >= 0.3 is 0 Å². The number of nitrogens with zero attached hydrogens (tertiary/aromatic N) is 3. The van der Waals surface area contributed by atoms with E-state index >= 15 is 0 Å². The second-order valence-electron chi connectivity index (χ2n) is 4.31. The Bertz CT molecular complexity index is 691. The summed E-state index contributed by atoms with van der Waals surface area (Å²) in [5, 5.41) is 7.10. The Labute approximate surface area is 118 Å². The van der Waals surface area contributed by atoms with E-state index in [2.05, 4.69) is 20.1 Å². The van der Waals surface area contributed by atoms with Crippen molar-refractivity contribution in [3.8, 4) is 0 Å². The number of hydrogen-bond donors (Lipinski definition) is 2. The van der Waals surface area contributed by atoms with E-state index in [9.17, 15) is 8.42 Å². The molecule has 0 radical (unpaired) electrons. The van der Waals surface area contributed by atoms with Gasteiger partial charge in [-0.05, 0) is 26.0 Å². The van der Waals surface area contributed by atoms with Gasteiger partial charge < -0.3 is 5.32 Å². The van der Waals surface area contributed by atoms with E-state index in [0.29, 0.717) is 11.6 Å². The standard InChI is InChI=1S/C12H17N5O2S/c1-4-13-11-6-5-10(8-14-11)20(18,19)16-12-7-9(2)15-17(12)3/h5-8,16H,4H2,1-3H3,(H,13,14). The minimum atomic E-state index is -3.66. The van der Waals surface area contributed by atoms with Crippen LogP contribution in [0.4, 0.5) is 11.6 Å². The third-order valence-electron chi connectivity index (χ3n) is 2.65. The Kier molecular flexibility index (Phi) is 3.93. The average Bonchev–Trinajstić information content (AvgIpc) is 2.68. The number of nitrogens with one attached hydrogen (secondary N) is 2. The van der Waals surface area contributed by atoms with Crippen molar-refractivity contribution in [2.75, 3.05) is 16.6 Å². The number of anilines is 2. The topological polar surface area (TPSA) is 88.9 Å². The predicted octanol–water partition coefficient (Wildman–Crippen LogP) is 1.36. The number of aromatic nitrogens is 3. The first-order valence-corrected chi connectivity index (χ1v) is 7.64. The zero-order chi connectivity index (χ0) is 14.8. The Morgan fingerprint density at radius 1 is 1.35 bits per heavy atom. The molecule has 0 aromatic carbocycles.